The molecule has 0 spiro atoms. The van der Waals surface area contributed by atoms with E-state index in [1.807, 2.05) is 19.1 Å². The first kappa shape index (κ1) is 16.1. The lowest BCUT2D eigenvalue weighted by atomic mass is 10.1. The van der Waals surface area contributed by atoms with Crippen LogP contribution in [-0.4, -0.2) is 23.0 Å². The quantitative estimate of drug-likeness (QED) is 0.749. The van der Waals surface area contributed by atoms with Crippen molar-refractivity contribution < 1.29 is 9.90 Å². The van der Waals surface area contributed by atoms with Gasteiger partial charge in [0.1, 0.15) is 11.3 Å². The van der Waals surface area contributed by atoms with Gasteiger partial charge in [0, 0.05) is 12.7 Å². The Hall–Kier alpha value is -2.79. The summed E-state index contributed by atoms with van der Waals surface area (Å²) in [5.74, 6) is -1.03. The van der Waals surface area contributed by atoms with Gasteiger partial charge in [0.15, 0.2) is 0 Å². The number of nitrogens with zero attached hydrogens (tertiary/aromatic N) is 1. The van der Waals surface area contributed by atoms with Gasteiger partial charge in [-0.15, -0.1) is 0 Å². The Kier molecular flexibility index (Phi) is 4.03. The normalized spacial score (nSPS) is 10.8. The van der Waals surface area contributed by atoms with Gasteiger partial charge in [-0.3, -0.25) is 9.59 Å². The number of aromatic amines is 1. The minimum absolute atomic E-state index is 0.249. The Labute approximate surface area is 143 Å². The lowest BCUT2D eigenvalue weighted by Gasteiger charge is -2.18. The first-order valence-electron chi connectivity index (χ1n) is 7.28. The molecule has 122 valence electrons. The van der Waals surface area contributed by atoms with E-state index in [1.54, 1.807) is 37.4 Å². The molecular formula is C18H15ClN2O3. The largest absolute Gasteiger partial charge is 0.506 e. The van der Waals surface area contributed by atoms with Crippen molar-refractivity contribution in [3.63, 3.8) is 0 Å². The van der Waals surface area contributed by atoms with Gasteiger partial charge < -0.3 is 15.0 Å². The van der Waals surface area contributed by atoms with Gasteiger partial charge in [-0.1, -0.05) is 35.4 Å². The van der Waals surface area contributed by atoms with Crippen molar-refractivity contribution in [2.24, 2.45) is 0 Å². The fourth-order valence-corrected chi connectivity index (χ4v) is 2.80. The van der Waals surface area contributed by atoms with E-state index in [-0.39, 0.29) is 16.0 Å². The number of fused-ring (bicyclic) bond motifs is 1. The van der Waals surface area contributed by atoms with E-state index in [0.717, 1.165) is 5.56 Å². The van der Waals surface area contributed by atoms with Crippen LogP contribution in [0.25, 0.3) is 10.9 Å². The highest BCUT2D eigenvalue weighted by Gasteiger charge is 2.24. The lowest BCUT2D eigenvalue weighted by Crippen LogP contribution is -2.31. The number of aryl methyl sites for hydroxylation is 1. The van der Waals surface area contributed by atoms with E-state index >= 15 is 0 Å². The van der Waals surface area contributed by atoms with Crippen molar-refractivity contribution in [2.45, 2.75) is 6.92 Å². The molecule has 0 aliphatic heterocycles. The summed E-state index contributed by atoms with van der Waals surface area (Å²) in [5.41, 5.74) is 1.05. The molecule has 0 fully saturated rings. The fourth-order valence-electron chi connectivity index (χ4n) is 2.54. The number of benzene rings is 2. The highest BCUT2D eigenvalue weighted by molar-refractivity contribution is 6.36. The molecule has 2 N–H and O–H groups in total. The van der Waals surface area contributed by atoms with Crippen LogP contribution in [0.3, 0.4) is 0 Å². The zero-order valence-corrected chi connectivity index (χ0v) is 13.9. The van der Waals surface area contributed by atoms with E-state index in [9.17, 15) is 14.7 Å². The molecule has 5 nitrogen and oxygen atoms in total. The smallest absolute Gasteiger partial charge is 0.267 e. The topological polar surface area (TPSA) is 73.4 Å². The van der Waals surface area contributed by atoms with Crippen LogP contribution in [0.4, 0.5) is 5.69 Å². The van der Waals surface area contributed by atoms with Gasteiger partial charge in [0.25, 0.3) is 11.5 Å². The van der Waals surface area contributed by atoms with Crippen LogP contribution < -0.4 is 10.5 Å². The molecule has 3 aromatic rings. The van der Waals surface area contributed by atoms with Crippen molar-refractivity contribution in [3.05, 3.63) is 69.0 Å². The average Bonchev–Trinajstić information content (AvgIpc) is 2.54. The average molecular weight is 343 g/mol. The van der Waals surface area contributed by atoms with Crippen molar-refractivity contribution in [2.75, 3.05) is 11.9 Å². The molecule has 0 unspecified atom stereocenters. The van der Waals surface area contributed by atoms with Gasteiger partial charge in [-0.2, -0.15) is 0 Å². The van der Waals surface area contributed by atoms with E-state index in [1.165, 1.54) is 4.90 Å². The molecule has 24 heavy (non-hydrogen) atoms. The van der Waals surface area contributed by atoms with Crippen LogP contribution >= 0.6 is 11.6 Å². The summed E-state index contributed by atoms with van der Waals surface area (Å²) in [6.07, 6.45) is 0. The lowest BCUT2D eigenvalue weighted by molar-refractivity contribution is 0.0989. The Morgan fingerprint density at radius 3 is 2.50 bits per heavy atom. The molecule has 1 amide bonds. The molecule has 6 heteroatoms. The summed E-state index contributed by atoms with van der Waals surface area (Å²) in [5, 5.41) is 11.0. The number of hydrogen-bond acceptors (Lipinski definition) is 3. The van der Waals surface area contributed by atoms with Crippen LogP contribution in [0, 0.1) is 6.92 Å². The zero-order valence-electron chi connectivity index (χ0n) is 13.1. The maximum atomic E-state index is 12.7. The van der Waals surface area contributed by atoms with Gasteiger partial charge >= 0.3 is 0 Å². The summed E-state index contributed by atoms with van der Waals surface area (Å²) in [4.78, 5) is 28.9. The van der Waals surface area contributed by atoms with Crippen molar-refractivity contribution in [1.29, 1.82) is 0 Å². The number of rotatable bonds is 2. The molecule has 0 saturated heterocycles. The summed E-state index contributed by atoms with van der Waals surface area (Å²) in [6, 6.07) is 12.1. The third-order valence-electron chi connectivity index (χ3n) is 3.90. The second-order valence-corrected chi connectivity index (χ2v) is 5.95. The first-order valence-corrected chi connectivity index (χ1v) is 7.66. The molecule has 0 aliphatic rings. The van der Waals surface area contributed by atoms with Gasteiger partial charge in [-0.05, 0) is 31.2 Å². The van der Waals surface area contributed by atoms with Gasteiger partial charge in [0.05, 0.1) is 15.9 Å². The maximum Gasteiger partial charge on any atom is 0.267 e. The Balaban J connectivity index is 2.15. The molecule has 3 rings (SSSR count). The van der Waals surface area contributed by atoms with E-state index in [2.05, 4.69) is 4.98 Å². The Morgan fingerprint density at radius 1 is 1.17 bits per heavy atom. The monoisotopic (exact) mass is 342 g/mol. The van der Waals surface area contributed by atoms with Gasteiger partial charge in [0.2, 0.25) is 0 Å². The van der Waals surface area contributed by atoms with Crippen molar-refractivity contribution in [1.82, 2.24) is 4.98 Å². The molecule has 1 aromatic heterocycles. The minimum atomic E-state index is -0.661. The highest BCUT2D eigenvalue weighted by Crippen LogP contribution is 2.32. The number of anilines is 1. The fraction of sp³-hybridized carbons (Fsp3) is 0.111. The number of halogens is 1. The molecular weight excluding hydrogens is 328 g/mol. The third-order valence-corrected chi connectivity index (χ3v) is 4.22. The summed E-state index contributed by atoms with van der Waals surface area (Å²) in [7, 11) is 1.54. The molecule has 0 atom stereocenters. The van der Waals surface area contributed by atoms with Crippen LogP contribution in [0.15, 0.2) is 47.3 Å². The molecule has 0 saturated carbocycles. The minimum Gasteiger partial charge on any atom is -0.506 e. The maximum absolute atomic E-state index is 12.7. The van der Waals surface area contributed by atoms with Crippen LogP contribution in [0.2, 0.25) is 5.02 Å². The number of aromatic nitrogens is 1. The summed E-state index contributed by atoms with van der Waals surface area (Å²) < 4.78 is 0. The van der Waals surface area contributed by atoms with Crippen LogP contribution in [0.5, 0.6) is 5.75 Å². The zero-order chi connectivity index (χ0) is 17.4. The molecule has 1 heterocycles. The number of H-pyrrole nitrogens is 1. The molecule has 0 bridgehead atoms. The summed E-state index contributed by atoms with van der Waals surface area (Å²) in [6.45, 7) is 1.94. The second-order valence-electron chi connectivity index (χ2n) is 5.54. The molecule has 0 aliphatic carbocycles. The van der Waals surface area contributed by atoms with Gasteiger partial charge in [-0.25, -0.2) is 0 Å². The van der Waals surface area contributed by atoms with Crippen LogP contribution in [-0.2, 0) is 0 Å². The van der Waals surface area contributed by atoms with Crippen molar-refractivity contribution in [3.8, 4) is 5.75 Å². The number of amides is 1. The second kappa shape index (κ2) is 6.02. The number of hydrogen-bond donors (Lipinski definition) is 2. The Bertz CT molecular complexity index is 994. The predicted molar refractivity (Wildman–Crippen MR) is 95.2 cm³/mol. The van der Waals surface area contributed by atoms with Crippen molar-refractivity contribution >= 4 is 34.1 Å². The number of carbonyl (C=O) groups excluding carboxylic acids is 1. The Morgan fingerprint density at radius 2 is 1.83 bits per heavy atom. The number of aromatic hydroxyl groups is 1. The van der Waals surface area contributed by atoms with E-state index < -0.39 is 17.2 Å². The highest BCUT2D eigenvalue weighted by atomic mass is 35.5. The SMILES string of the molecule is Cc1ccc(N(C)C(=O)c2c(O)c3c(Cl)cccc3[nH]c2=O)cc1. The standard InChI is InChI=1S/C18H15ClN2O3/c1-10-6-8-11(9-7-10)21(2)18(24)15-16(22)14-12(19)4-3-5-13(14)20-17(15)23/h3-9H,1-2H3,(H2,20,22,23). The van der Waals surface area contributed by atoms with E-state index in [4.69, 9.17) is 11.6 Å². The van der Waals surface area contributed by atoms with Crippen LogP contribution in [0.1, 0.15) is 15.9 Å². The number of carbonyl (C=O) groups is 1. The summed E-state index contributed by atoms with van der Waals surface area (Å²) >= 11 is 6.10. The number of pyridine rings is 1. The van der Waals surface area contributed by atoms with E-state index in [0.29, 0.717) is 11.2 Å². The third kappa shape index (κ3) is 2.63. The molecule has 0 radical (unpaired) electrons. The first-order chi connectivity index (χ1) is 11.4. The predicted octanol–water partition coefficient (Wildman–Crippen LogP) is 3.47. The number of nitrogens with one attached hydrogen (secondary N) is 1. The molecule has 2 aromatic carbocycles.